The van der Waals surface area contributed by atoms with E-state index in [1.807, 2.05) is 30.3 Å². The van der Waals surface area contributed by atoms with E-state index in [-0.39, 0.29) is 24.2 Å². The summed E-state index contributed by atoms with van der Waals surface area (Å²) in [4.78, 5) is 26.9. The second-order valence-corrected chi connectivity index (χ2v) is 6.83. The molecule has 8 heteroatoms. The lowest BCUT2D eigenvalue weighted by molar-refractivity contribution is -0.143. The number of esters is 1. The number of nitriles is 1. The Morgan fingerprint density at radius 3 is 2.57 bits per heavy atom. The first-order valence-electron chi connectivity index (χ1n) is 9.03. The maximum Gasteiger partial charge on any atom is 0.325 e. The largest absolute Gasteiger partial charge is 0.489 e. The summed E-state index contributed by atoms with van der Waals surface area (Å²) in [5.74, 6) is -0.264. The second-order valence-electron chi connectivity index (χ2n) is 6.47. The average molecular weight is 421 g/mol. The fourth-order valence-electron chi connectivity index (χ4n) is 2.88. The van der Waals surface area contributed by atoms with Crippen molar-refractivity contribution in [1.29, 1.82) is 5.26 Å². The molecule has 0 unspecified atom stereocenters. The highest BCUT2D eigenvalue weighted by Gasteiger charge is 2.36. The third-order valence-corrected chi connectivity index (χ3v) is 5.07. The summed E-state index contributed by atoms with van der Waals surface area (Å²) in [7, 11) is 2.93. The highest BCUT2D eigenvalue weighted by Crippen LogP contribution is 2.23. The molecule has 1 heterocycles. The van der Waals surface area contributed by atoms with Gasteiger partial charge in [-0.2, -0.15) is 5.26 Å². The first kappa shape index (κ1) is 21.0. The van der Waals surface area contributed by atoms with Crippen LogP contribution >= 0.6 is 12.2 Å². The lowest BCUT2D eigenvalue weighted by Gasteiger charge is -2.14. The number of carbonyl (C=O) groups excluding carboxylic acids is 2. The van der Waals surface area contributed by atoms with E-state index in [0.29, 0.717) is 17.0 Å². The van der Waals surface area contributed by atoms with E-state index in [1.54, 1.807) is 36.2 Å². The van der Waals surface area contributed by atoms with Crippen molar-refractivity contribution in [3.63, 3.8) is 0 Å². The molecule has 1 amide bonds. The van der Waals surface area contributed by atoms with Crippen molar-refractivity contribution in [3.05, 3.63) is 70.9 Å². The molecule has 1 aliphatic heterocycles. The Balaban J connectivity index is 1.71. The molecule has 0 saturated carbocycles. The normalized spacial score (nSPS) is 14.8. The van der Waals surface area contributed by atoms with E-state index in [9.17, 15) is 9.59 Å². The van der Waals surface area contributed by atoms with Crippen LogP contribution in [-0.4, -0.2) is 47.5 Å². The Morgan fingerprint density at radius 2 is 1.90 bits per heavy atom. The van der Waals surface area contributed by atoms with E-state index in [4.69, 9.17) is 22.2 Å². The summed E-state index contributed by atoms with van der Waals surface area (Å²) in [6, 6.07) is 16.6. The zero-order valence-corrected chi connectivity index (χ0v) is 17.3. The van der Waals surface area contributed by atoms with Crippen molar-refractivity contribution < 1.29 is 19.1 Å². The Labute approximate surface area is 179 Å². The number of ether oxygens (including phenoxy) is 2. The van der Waals surface area contributed by atoms with Gasteiger partial charge in [-0.25, -0.2) is 0 Å². The minimum absolute atomic E-state index is 0.229. The minimum atomic E-state index is -0.542. The van der Waals surface area contributed by atoms with Crippen LogP contribution in [-0.2, 0) is 20.9 Å². The number of thiocarbonyl (C=S) groups is 1. The molecule has 2 aromatic rings. The summed E-state index contributed by atoms with van der Waals surface area (Å²) < 4.78 is 10.4. The Kier molecular flexibility index (Phi) is 6.45. The monoisotopic (exact) mass is 421 g/mol. The van der Waals surface area contributed by atoms with Crippen LogP contribution in [0.2, 0.25) is 0 Å². The molecule has 0 radical (unpaired) electrons. The van der Waals surface area contributed by atoms with Crippen LogP contribution in [0.1, 0.15) is 16.7 Å². The molecule has 0 aromatic heterocycles. The number of rotatable bonds is 6. The maximum absolute atomic E-state index is 12.6. The third kappa shape index (κ3) is 4.47. The average Bonchev–Trinajstić information content (AvgIpc) is 2.97. The summed E-state index contributed by atoms with van der Waals surface area (Å²) >= 11 is 5.26. The number of amides is 1. The molecule has 0 atom stereocenters. The van der Waals surface area contributed by atoms with Crippen molar-refractivity contribution in [1.82, 2.24) is 9.80 Å². The molecule has 0 N–H and O–H groups in total. The molecule has 0 bridgehead atoms. The Hall–Kier alpha value is -3.70. The topological polar surface area (TPSA) is 82.9 Å². The molecule has 3 rings (SSSR count). The first-order valence-corrected chi connectivity index (χ1v) is 9.44. The van der Waals surface area contributed by atoms with Gasteiger partial charge in [0.05, 0.1) is 18.7 Å². The van der Waals surface area contributed by atoms with Gasteiger partial charge >= 0.3 is 5.97 Å². The molecule has 30 heavy (non-hydrogen) atoms. The molecule has 1 fully saturated rings. The number of hydrogen-bond donors (Lipinski definition) is 0. The zero-order chi connectivity index (χ0) is 21.7. The number of carbonyl (C=O) groups is 2. The van der Waals surface area contributed by atoms with Crippen molar-refractivity contribution >= 4 is 35.3 Å². The highest BCUT2D eigenvalue weighted by atomic mass is 32.1. The summed E-state index contributed by atoms with van der Waals surface area (Å²) in [5, 5.41) is 9.39. The van der Waals surface area contributed by atoms with Crippen molar-refractivity contribution in [2.24, 2.45) is 0 Å². The van der Waals surface area contributed by atoms with Crippen LogP contribution < -0.4 is 4.74 Å². The fourth-order valence-corrected chi connectivity index (χ4v) is 3.12. The zero-order valence-electron chi connectivity index (χ0n) is 16.5. The van der Waals surface area contributed by atoms with Gasteiger partial charge in [-0.3, -0.25) is 14.5 Å². The lowest BCUT2D eigenvalue weighted by atomic mass is 10.1. The Morgan fingerprint density at radius 1 is 1.20 bits per heavy atom. The summed E-state index contributed by atoms with van der Waals surface area (Å²) in [6.07, 6.45) is 1.70. The number of benzene rings is 2. The molecule has 2 aromatic carbocycles. The molecule has 7 nitrogen and oxygen atoms in total. The quantitative estimate of drug-likeness (QED) is 0.403. The van der Waals surface area contributed by atoms with Crippen LogP contribution in [0.15, 0.2) is 54.2 Å². The van der Waals surface area contributed by atoms with Gasteiger partial charge in [-0.05, 0) is 42.1 Å². The SMILES string of the molecule is COC(=O)CN1C(=O)/C(=C/c2ccc(OCc3ccccc3C#N)cc2)N(C)C1=S. The second kappa shape index (κ2) is 9.20. The van der Waals surface area contributed by atoms with Crippen molar-refractivity contribution in [2.45, 2.75) is 6.61 Å². The van der Waals surface area contributed by atoms with E-state index in [1.165, 1.54) is 12.0 Å². The maximum atomic E-state index is 12.6. The standard InChI is InChI=1S/C22H19N3O4S/c1-24-19(21(27)25(22(24)30)13-20(26)28-2)11-15-7-9-18(10-8-15)29-14-17-6-4-3-5-16(17)12-23/h3-11H,13-14H2,1-2H3/b19-11-. The molecular weight excluding hydrogens is 402 g/mol. The number of methoxy groups -OCH3 is 1. The number of likely N-dealkylation sites (N-methyl/N-ethyl adjacent to an activating group) is 1. The van der Waals surface area contributed by atoms with Crippen LogP contribution in [0.4, 0.5) is 0 Å². The molecule has 152 valence electrons. The van der Waals surface area contributed by atoms with Gasteiger partial charge in [0.15, 0.2) is 5.11 Å². The minimum Gasteiger partial charge on any atom is -0.489 e. The van der Waals surface area contributed by atoms with Gasteiger partial charge in [-0.1, -0.05) is 30.3 Å². The van der Waals surface area contributed by atoms with Crippen molar-refractivity contribution in [2.75, 3.05) is 20.7 Å². The lowest BCUT2D eigenvalue weighted by Crippen LogP contribution is -2.36. The van der Waals surface area contributed by atoms with E-state index < -0.39 is 5.97 Å². The highest BCUT2D eigenvalue weighted by molar-refractivity contribution is 7.80. The predicted octanol–water partition coefficient (Wildman–Crippen LogP) is 2.71. The number of hydrogen-bond acceptors (Lipinski definition) is 6. The fraction of sp³-hybridized carbons (Fsp3) is 0.182. The third-order valence-electron chi connectivity index (χ3n) is 4.57. The van der Waals surface area contributed by atoms with E-state index in [2.05, 4.69) is 10.8 Å². The van der Waals surface area contributed by atoms with Crippen LogP contribution in [0.25, 0.3) is 6.08 Å². The van der Waals surface area contributed by atoms with Gasteiger partial charge in [-0.15, -0.1) is 0 Å². The summed E-state index contributed by atoms with van der Waals surface area (Å²) in [6.45, 7) is 0.0505. The number of nitrogens with zero attached hydrogens (tertiary/aromatic N) is 3. The van der Waals surface area contributed by atoms with E-state index in [0.717, 1.165) is 11.1 Å². The smallest absolute Gasteiger partial charge is 0.325 e. The van der Waals surface area contributed by atoms with Crippen LogP contribution in [0.5, 0.6) is 5.75 Å². The Bertz CT molecular complexity index is 1060. The van der Waals surface area contributed by atoms with Gasteiger partial charge in [0, 0.05) is 12.6 Å². The first-order chi connectivity index (χ1) is 14.4. The molecule has 1 saturated heterocycles. The van der Waals surface area contributed by atoms with Gasteiger partial charge in [0.1, 0.15) is 24.6 Å². The predicted molar refractivity (Wildman–Crippen MR) is 114 cm³/mol. The van der Waals surface area contributed by atoms with Crippen LogP contribution in [0.3, 0.4) is 0 Å². The van der Waals surface area contributed by atoms with Gasteiger partial charge < -0.3 is 14.4 Å². The molecule has 1 aliphatic rings. The van der Waals surface area contributed by atoms with Crippen LogP contribution in [0, 0.1) is 11.3 Å². The van der Waals surface area contributed by atoms with Gasteiger partial charge in [0.2, 0.25) is 0 Å². The summed E-state index contributed by atoms with van der Waals surface area (Å²) in [5.41, 5.74) is 2.52. The molecular formula is C22H19N3O4S. The van der Waals surface area contributed by atoms with E-state index >= 15 is 0 Å². The molecule has 0 spiro atoms. The molecule has 0 aliphatic carbocycles. The van der Waals surface area contributed by atoms with Gasteiger partial charge in [0.25, 0.3) is 5.91 Å². The van der Waals surface area contributed by atoms with Crippen molar-refractivity contribution in [3.8, 4) is 11.8 Å².